The Balaban J connectivity index is 2.29. The van der Waals surface area contributed by atoms with Crippen molar-refractivity contribution in [3.05, 3.63) is 17.3 Å². The number of aryl methyl sites for hydroxylation is 1. The number of nitrogens with zero attached hydrogens (tertiary/aromatic N) is 2. The molecule has 1 aromatic rings. The topological polar surface area (TPSA) is 46.3 Å². The number of rotatable bonds is 2. The van der Waals surface area contributed by atoms with Gasteiger partial charge in [-0.3, -0.25) is 9.69 Å². The van der Waals surface area contributed by atoms with Crippen LogP contribution in [0, 0.1) is 6.92 Å². The number of hydrogen-bond acceptors (Lipinski definition) is 4. The molecule has 0 saturated carbocycles. The van der Waals surface area contributed by atoms with Crippen LogP contribution in [0.15, 0.2) is 4.42 Å². The fourth-order valence-corrected chi connectivity index (χ4v) is 2.11. The third-order valence-electron chi connectivity index (χ3n) is 2.95. The number of carbonyl (C=O) groups excluding carboxylic acids is 1. The highest BCUT2D eigenvalue weighted by Crippen LogP contribution is 2.30. The Bertz CT molecular complexity index is 384. The van der Waals surface area contributed by atoms with Crippen molar-refractivity contribution in [3.63, 3.8) is 0 Å². The van der Waals surface area contributed by atoms with Crippen molar-refractivity contribution >= 4 is 5.78 Å². The molecule has 1 atom stereocenters. The second kappa shape index (κ2) is 3.77. The van der Waals surface area contributed by atoms with E-state index in [0.717, 1.165) is 19.4 Å². The van der Waals surface area contributed by atoms with Gasteiger partial charge in [-0.25, -0.2) is 4.98 Å². The standard InChI is InChI=1S/C11H16N2O2/c1-7(14)10-8(2)15-11(12-10)9-5-4-6-13(9)3/h9H,4-6H2,1-3H3. The highest BCUT2D eigenvalue weighted by Gasteiger charge is 2.28. The van der Waals surface area contributed by atoms with E-state index in [9.17, 15) is 4.79 Å². The first-order valence-corrected chi connectivity index (χ1v) is 5.28. The fourth-order valence-electron chi connectivity index (χ4n) is 2.11. The molecule has 1 aliphatic heterocycles. The summed E-state index contributed by atoms with van der Waals surface area (Å²) in [5, 5.41) is 0. The van der Waals surface area contributed by atoms with Crippen molar-refractivity contribution in [2.75, 3.05) is 13.6 Å². The van der Waals surface area contributed by atoms with Gasteiger partial charge in [0.15, 0.2) is 5.78 Å². The molecule has 0 spiro atoms. The zero-order valence-corrected chi connectivity index (χ0v) is 9.41. The van der Waals surface area contributed by atoms with Gasteiger partial charge in [-0.05, 0) is 33.4 Å². The number of ketones is 1. The molecular weight excluding hydrogens is 192 g/mol. The molecule has 82 valence electrons. The number of carbonyl (C=O) groups is 1. The zero-order valence-electron chi connectivity index (χ0n) is 9.41. The quantitative estimate of drug-likeness (QED) is 0.697. The molecule has 0 aliphatic carbocycles. The van der Waals surface area contributed by atoms with Crippen LogP contribution in [0.3, 0.4) is 0 Å². The fraction of sp³-hybridized carbons (Fsp3) is 0.636. The van der Waals surface area contributed by atoms with Crippen LogP contribution in [0.1, 0.15) is 47.9 Å². The van der Waals surface area contributed by atoms with E-state index in [-0.39, 0.29) is 11.8 Å². The zero-order chi connectivity index (χ0) is 11.0. The summed E-state index contributed by atoms with van der Waals surface area (Å²) < 4.78 is 5.56. The van der Waals surface area contributed by atoms with Crippen molar-refractivity contribution in [2.24, 2.45) is 0 Å². The van der Waals surface area contributed by atoms with Crippen LogP contribution >= 0.6 is 0 Å². The number of hydrogen-bond donors (Lipinski definition) is 0. The smallest absolute Gasteiger partial charge is 0.212 e. The molecule has 15 heavy (non-hydrogen) atoms. The van der Waals surface area contributed by atoms with Gasteiger partial charge in [-0.15, -0.1) is 0 Å². The van der Waals surface area contributed by atoms with Crippen LogP contribution in [-0.2, 0) is 0 Å². The van der Waals surface area contributed by atoms with Crippen LogP contribution in [0.4, 0.5) is 0 Å². The maximum Gasteiger partial charge on any atom is 0.212 e. The van der Waals surface area contributed by atoms with Crippen LogP contribution in [-0.4, -0.2) is 29.3 Å². The monoisotopic (exact) mass is 208 g/mol. The van der Waals surface area contributed by atoms with E-state index in [1.54, 1.807) is 6.92 Å². The molecule has 4 nitrogen and oxygen atoms in total. The summed E-state index contributed by atoms with van der Waals surface area (Å²) in [7, 11) is 2.06. The Kier molecular flexibility index (Phi) is 2.61. The van der Waals surface area contributed by atoms with Crippen LogP contribution in [0.5, 0.6) is 0 Å². The third-order valence-corrected chi connectivity index (χ3v) is 2.95. The number of likely N-dealkylation sites (tertiary alicyclic amines) is 1. The normalized spacial score (nSPS) is 22.2. The van der Waals surface area contributed by atoms with Crippen molar-refractivity contribution in [1.29, 1.82) is 0 Å². The van der Waals surface area contributed by atoms with Crippen LogP contribution in [0.2, 0.25) is 0 Å². The molecule has 0 aromatic carbocycles. The molecule has 1 fully saturated rings. The minimum atomic E-state index is -0.0249. The van der Waals surface area contributed by atoms with Crippen molar-refractivity contribution in [1.82, 2.24) is 9.88 Å². The second-order valence-electron chi connectivity index (χ2n) is 4.15. The third kappa shape index (κ3) is 1.81. The summed E-state index contributed by atoms with van der Waals surface area (Å²) in [6.45, 7) is 4.39. The lowest BCUT2D eigenvalue weighted by molar-refractivity contribution is 0.101. The average Bonchev–Trinajstić information content (AvgIpc) is 2.71. The van der Waals surface area contributed by atoms with Crippen molar-refractivity contribution in [3.8, 4) is 0 Å². The number of aromatic nitrogens is 1. The van der Waals surface area contributed by atoms with Gasteiger partial charge in [0.2, 0.25) is 5.89 Å². The lowest BCUT2D eigenvalue weighted by Gasteiger charge is -2.14. The summed E-state index contributed by atoms with van der Waals surface area (Å²) in [6.07, 6.45) is 2.23. The average molecular weight is 208 g/mol. The maximum absolute atomic E-state index is 11.2. The van der Waals surface area contributed by atoms with E-state index in [1.807, 2.05) is 0 Å². The van der Waals surface area contributed by atoms with Gasteiger partial charge in [0.1, 0.15) is 11.5 Å². The molecule has 1 aliphatic rings. The Morgan fingerprint density at radius 1 is 1.60 bits per heavy atom. The van der Waals surface area contributed by atoms with E-state index in [0.29, 0.717) is 17.3 Å². The van der Waals surface area contributed by atoms with E-state index < -0.39 is 0 Å². The van der Waals surface area contributed by atoms with Crippen LogP contribution in [0.25, 0.3) is 0 Å². The van der Waals surface area contributed by atoms with Crippen LogP contribution < -0.4 is 0 Å². The lowest BCUT2D eigenvalue weighted by Crippen LogP contribution is -2.17. The molecule has 1 aromatic heterocycles. The molecule has 0 bridgehead atoms. The minimum Gasteiger partial charge on any atom is -0.444 e. The van der Waals surface area contributed by atoms with E-state index in [2.05, 4.69) is 16.9 Å². The van der Waals surface area contributed by atoms with Crippen molar-refractivity contribution in [2.45, 2.75) is 32.7 Å². The van der Waals surface area contributed by atoms with Crippen molar-refractivity contribution < 1.29 is 9.21 Å². The maximum atomic E-state index is 11.2. The minimum absolute atomic E-state index is 0.0249. The van der Waals surface area contributed by atoms with Gasteiger partial charge in [-0.2, -0.15) is 0 Å². The van der Waals surface area contributed by atoms with Gasteiger partial charge < -0.3 is 4.42 Å². The second-order valence-corrected chi connectivity index (χ2v) is 4.15. The number of oxazole rings is 1. The van der Waals surface area contributed by atoms with E-state index in [4.69, 9.17) is 4.42 Å². The van der Waals surface area contributed by atoms with Gasteiger partial charge in [0, 0.05) is 6.92 Å². The van der Waals surface area contributed by atoms with Gasteiger partial charge in [0.05, 0.1) is 6.04 Å². The summed E-state index contributed by atoms with van der Waals surface area (Å²) in [5.41, 5.74) is 0.477. The molecule has 1 saturated heterocycles. The Labute approximate surface area is 89.3 Å². The van der Waals surface area contributed by atoms with Gasteiger partial charge >= 0.3 is 0 Å². The molecule has 4 heteroatoms. The first-order valence-electron chi connectivity index (χ1n) is 5.28. The van der Waals surface area contributed by atoms with E-state index >= 15 is 0 Å². The first-order chi connectivity index (χ1) is 7.09. The Morgan fingerprint density at radius 2 is 2.33 bits per heavy atom. The number of Topliss-reactive ketones (excluding diaryl/α,β-unsaturated/α-hetero) is 1. The van der Waals surface area contributed by atoms with Gasteiger partial charge in [0.25, 0.3) is 0 Å². The summed E-state index contributed by atoms with van der Waals surface area (Å²) in [4.78, 5) is 17.7. The molecule has 0 amide bonds. The highest BCUT2D eigenvalue weighted by molar-refractivity contribution is 5.92. The molecule has 0 radical (unpaired) electrons. The van der Waals surface area contributed by atoms with Gasteiger partial charge in [-0.1, -0.05) is 0 Å². The SMILES string of the molecule is CC(=O)c1nc(C2CCCN2C)oc1C. The molecule has 0 N–H and O–H groups in total. The summed E-state index contributed by atoms with van der Waals surface area (Å²) >= 11 is 0. The molecule has 1 unspecified atom stereocenters. The molecular formula is C11H16N2O2. The summed E-state index contributed by atoms with van der Waals surface area (Å²) in [5.74, 6) is 1.30. The predicted octanol–water partition coefficient (Wildman–Crippen LogP) is 1.95. The highest BCUT2D eigenvalue weighted by atomic mass is 16.4. The summed E-state index contributed by atoms with van der Waals surface area (Å²) in [6, 6.07) is 0.247. The van der Waals surface area contributed by atoms with E-state index in [1.165, 1.54) is 6.92 Å². The lowest BCUT2D eigenvalue weighted by atomic mass is 10.2. The predicted molar refractivity (Wildman–Crippen MR) is 55.8 cm³/mol. The first kappa shape index (κ1) is 10.4. The largest absolute Gasteiger partial charge is 0.444 e. The molecule has 2 heterocycles. The Hall–Kier alpha value is -1.16. The molecule has 2 rings (SSSR count). The Morgan fingerprint density at radius 3 is 2.80 bits per heavy atom.